The van der Waals surface area contributed by atoms with Crippen LogP contribution in [0.1, 0.15) is 22.3 Å². The molecule has 1 amide bonds. The van der Waals surface area contributed by atoms with Crippen molar-refractivity contribution in [2.75, 3.05) is 19.1 Å². The normalized spacial score (nSPS) is 11.5. The highest BCUT2D eigenvalue weighted by atomic mass is 32.2. The second kappa shape index (κ2) is 10.5. The lowest BCUT2D eigenvalue weighted by Crippen LogP contribution is -2.41. The van der Waals surface area contributed by atoms with E-state index in [1.165, 1.54) is 7.11 Å². The van der Waals surface area contributed by atoms with Gasteiger partial charge in [-0.25, -0.2) is 4.79 Å². The summed E-state index contributed by atoms with van der Waals surface area (Å²) in [6, 6.07) is 16.1. The summed E-state index contributed by atoms with van der Waals surface area (Å²) in [5.74, 6) is 0.690. The Hall–Kier alpha value is -2.47. The molecule has 0 unspecified atom stereocenters. The molecule has 2 aromatic rings. The number of carbonyl (C=O) groups excluding carboxylic acids is 2. The molecule has 2 aromatic carbocycles. The van der Waals surface area contributed by atoms with Gasteiger partial charge in [0.05, 0.1) is 7.11 Å². The number of thioether (sulfide) groups is 1. The Morgan fingerprint density at radius 1 is 1.08 bits per heavy atom. The van der Waals surface area contributed by atoms with Crippen LogP contribution >= 0.6 is 11.8 Å². The Kier molecular flexibility index (Phi) is 8.02. The van der Waals surface area contributed by atoms with Crippen molar-refractivity contribution < 1.29 is 19.1 Å². The predicted octanol–water partition coefficient (Wildman–Crippen LogP) is 3.29. The highest BCUT2D eigenvalue weighted by Crippen LogP contribution is 2.15. The van der Waals surface area contributed by atoms with Crippen LogP contribution < -0.4 is 10.1 Å². The Morgan fingerprint density at radius 3 is 2.38 bits per heavy atom. The molecule has 1 atom stereocenters. The van der Waals surface area contributed by atoms with E-state index < -0.39 is 12.0 Å². The van der Waals surface area contributed by atoms with Gasteiger partial charge in [-0.1, -0.05) is 30.3 Å². The minimum Gasteiger partial charge on any atom is -0.489 e. The molecule has 2 rings (SSSR count). The molecule has 0 aliphatic carbocycles. The van der Waals surface area contributed by atoms with Gasteiger partial charge in [-0.05, 0) is 48.3 Å². The largest absolute Gasteiger partial charge is 0.489 e. The van der Waals surface area contributed by atoms with Gasteiger partial charge in [0, 0.05) is 5.56 Å². The zero-order valence-electron chi connectivity index (χ0n) is 14.9. The zero-order valence-corrected chi connectivity index (χ0v) is 15.8. The minimum absolute atomic E-state index is 0.309. The summed E-state index contributed by atoms with van der Waals surface area (Å²) in [5, 5.41) is 2.73. The van der Waals surface area contributed by atoms with Gasteiger partial charge < -0.3 is 14.8 Å². The number of esters is 1. The lowest BCUT2D eigenvalue weighted by atomic mass is 10.1. The van der Waals surface area contributed by atoms with Crippen molar-refractivity contribution in [2.45, 2.75) is 19.1 Å². The average Bonchev–Trinajstić information content (AvgIpc) is 2.70. The highest BCUT2D eigenvalue weighted by molar-refractivity contribution is 7.98. The zero-order chi connectivity index (χ0) is 18.8. The van der Waals surface area contributed by atoms with Crippen molar-refractivity contribution in [3.8, 4) is 5.75 Å². The van der Waals surface area contributed by atoms with Crippen LogP contribution in [-0.4, -0.2) is 37.0 Å². The first kappa shape index (κ1) is 19.8. The number of nitrogens with one attached hydrogen (secondary N) is 1. The summed E-state index contributed by atoms with van der Waals surface area (Å²) < 4.78 is 10.5. The lowest BCUT2D eigenvalue weighted by molar-refractivity contribution is -0.142. The number of hydrogen-bond acceptors (Lipinski definition) is 5. The summed E-state index contributed by atoms with van der Waals surface area (Å²) in [4.78, 5) is 24.2. The standard InChI is InChI=1S/C20H23NO4S/c1-24-20(23)18(12-13-26-2)21-19(22)16-8-10-17(11-9-16)25-14-15-6-4-3-5-7-15/h3-11,18H,12-14H2,1-2H3,(H,21,22)/t18-/m1/s1. The van der Waals surface area contributed by atoms with Gasteiger partial charge >= 0.3 is 5.97 Å². The van der Waals surface area contributed by atoms with Crippen LogP contribution in [0.4, 0.5) is 0 Å². The maximum Gasteiger partial charge on any atom is 0.328 e. The van der Waals surface area contributed by atoms with Crippen LogP contribution in [0.2, 0.25) is 0 Å². The second-order valence-electron chi connectivity index (χ2n) is 5.63. The maximum atomic E-state index is 12.4. The number of hydrogen-bond donors (Lipinski definition) is 1. The first-order chi connectivity index (χ1) is 12.6. The number of methoxy groups -OCH3 is 1. The van der Waals surface area contributed by atoms with Crippen molar-refractivity contribution in [2.24, 2.45) is 0 Å². The van der Waals surface area contributed by atoms with E-state index in [0.717, 1.165) is 11.3 Å². The third-order valence-electron chi connectivity index (χ3n) is 3.77. The molecule has 0 spiro atoms. The Morgan fingerprint density at radius 2 is 1.77 bits per heavy atom. The van der Waals surface area contributed by atoms with Crippen LogP contribution in [0.15, 0.2) is 54.6 Å². The van der Waals surface area contributed by atoms with Gasteiger partial charge in [0.25, 0.3) is 5.91 Å². The van der Waals surface area contributed by atoms with Crippen molar-refractivity contribution in [3.63, 3.8) is 0 Å². The van der Waals surface area contributed by atoms with Crippen molar-refractivity contribution in [3.05, 3.63) is 65.7 Å². The number of rotatable bonds is 9. The minimum atomic E-state index is -0.644. The Bertz CT molecular complexity index is 704. The highest BCUT2D eigenvalue weighted by Gasteiger charge is 2.21. The van der Waals surface area contributed by atoms with Crippen LogP contribution in [0.25, 0.3) is 0 Å². The van der Waals surface area contributed by atoms with Crippen molar-refractivity contribution in [1.29, 1.82) is 0 Å². The molecule has 1 N–H and O–H groups in total. The van der Waals surface area contributed by atoms with E-state index in [4.69, 9.17) is 9.47 Å². The monoisotopic (exact) mass is 373 g/mol. The van der Waals surface area contributed by atoms with E-state index in [2.05, 4.69) is 5.32 Å². The van der Waals surface area contributed by atoms with Crippen molar-refractivity contribution >= 4 is 23.6 Å². The Balaban J connectivity index is 1.93. The van der Waals surface area contributed by atoms with E-state index in [0.29, 0.717) is 24.3 Å². The number of benzene rings is 2. The molecule has 0 aliphatic heterocycles. The third-order valence-corrected chi connectivity index (χ3v) is 4.41. The number of amides is 1. The summed E-state index contributed by atoms with van der Waals surface area (Å²) in [6.45, 7) is 0.464. The molecule has 5 nitrogen and oxygen atoms in total. The average molecular weight is 373 g/mol. The fraction of sp³-hybridized carbons (Fsp3) is 0.300. The molecule has 0 aromatic heterocycles. The maximum absolute atomic E-state index is 12.4. The van der Waals surface area contributed by atoms with Gasteiger partial charge in [0.1, 0.15) is 18.4 Å². The molecule has 0 fully saturated rings. The third kappa shape index (κ3) is 6.11. The second-order valence-corrected chi connectivity index (χ2v) is 6.61. The smallest absolute Gasteiger partial charge is 0.328 e. The molecule has 138 valence electrons. The molecular weight excluding hydrogens is 350 g/mol. The molecule has 0 aliphatic rings. The van der Waals surface area contributed by atoms with Gasteiger partial charge in [0.15, 0.2) is 0 Å². The van der Waals surface area contributed by atoms with Crippen LogP contribution in [-0.2, 0) is 16.1 Å². The fourth-order valence-electron chi connectivity index (χ4n) is 2.31. The van der Waals surface area contributed by atoms with E-state index in [1.54, 1.807) is 36.0 Å². The number of carbonyl (C=O) groups is 2. The van der Waals surface area contributed by atoms with Crippen LogP contribution in [0, 0.1) is 0 Å². The summed E-state index contributed by atoms with van der Waals surface area (Å²) in [7, 11) is 1.32. The van der Waals surface area contributed by atoms with Crippen LogP contribution in [0.3, 0.4) is 0 Å². The van der Waals surface area contributed by atoms with Gasteiger partial charge in [0.2, 0.25) is 0 Å². The molecule has 0 saturated carbocycles. The first-order valence-electron chi connectivity index (χ1n) is 8.28. The molecule has 0 saturated heterocycles. The Labute approximate surface area is 158 Å². The fourth-order valence-corrected chi connectivity index (χ4v) is 2.78. The molecule has 26 heavy (non-hydrogen) atoms. The topological polar surface area (TPSA) is 64.6 Å². The quantitative estimate of drug-likeness (QED) is 0.684. The van der Waals surface area contributed by atoms with Gasteiger partial charge in [-0.2, -0.15) is 11.8 Å². The summed E-state index contributed by atoms with van der Waals surface area (Å²) >= 11 is 1.61. The SMILES string of the molecule is COC(=O)[C@@H](CCSC)NC(=O)c1ccc(OCc2ccccc2)cc1. The molecule has 0 bridgehead atoms. The molecule has 6 heteroatoms. The first-order valence-corrected chi connectivity index (χ1v) is 9.68. The molecule has 0 heterocycles. The van der Waals surface area contributed by atoms with E-state index >= 15 is 0 Å². The summed E-state index contributed by atoms with van der Waals surface area (Å²) in [5.41, 5.74) is 1.54. The van der Waals surface area contributed by atoms with E-state index in [9.17, 15) is 9.59 Å². The van der Waals surface area contributed by atoms with Gasteiger partial charge in [-0.15, -0.1) is 0 Å². The molecular formula is C20H23NO4S. The predicted molar refractivity (Wildman–Crippen MR) is 103 cm³/mol. The van der Waals surface area contributed by atoms with E-state index in [1.807, 2.05) is 36.6 Å². The molecule has 0 radical (unpaired) electrons. The lowest BCUT2D eigenvalue weighted by Gasteiger charge is -2.16. The van der Waals surface area contributed by atoms with Crippen molar-refractivity contribution in [1.82, 2.24) is 5.32 Å². The van der Waals surface area contributed by atoms with Crippen LogP contribution in [0.5, 0.6) is 5.75 Å². The van der Waals surface area contributed by atoms with E-state index in [-0.39, 0.29) is 5.91 Å². The summed E-state index contributed by atoms with van der Waals surface area (Å²) in [6.07, 6.45) is 2.47. The van der Waals surface area contributed by atoms with Gasteiger partial charge in [-0.3, -0.25) is 4.79 Å². The number of ether oxygens (including phenoxy) is 2.